The lowest BCUT2D eigenvalue weighted by Crippen LogP contribution is -2.44. The highest BCUT2D eigenvalue weighted by Crippen LogP contribution is 2.44. The van der Waals surface area contributed by atoms with Gasteiger partial charge in [0.05, 0.1) is 25.2 Å². The molecule has 0 saturated carbocycles. The number of amides is 2. The van der Waals surface area contributed by atoms with E-state index in [1.807, 2.05) is 53.8 Å². The molecule has 2 aliphatic rings. The van der Waals surface area contributed by atoms with Gasteiger partial charge in [0, 0.05) is 12.5 Å². The molecule has 2 aromatic rings. The van der Waals surface area contributed by atoms with Crippen LogP contribution < -0.4 is 10.6 Å². The lowest BCUT2D eigenvalue weighted by atomic mass is 9.98. The molecule has 0 radical (unpaired) electrons. The molecule has 1 aliphatic carbocycles. The maximum atomic E-state index is 13.1. The van der Waals surface area contributed by atoms with Crippen LogP contribution in [0.1, 0.15) is 23.5 Å². The summed E-state index contributed by atoms with van der Waals surface area (Å²) < 4.78 is 37.1. The molecule has 180 valence electrons. The lowest BCUT2D eigenvalue weighted by molar-refractivity contribution is -0.164. The van der Waals surface area contributed by atoms with Gasteiger partial charge < -0.3 is 25.2 Å². The number of carboxylic acid groups (broad SMARTS) is 1. The van der Waals surface area contributed by atoms with Crippen LogP contribution in [-0.4, -0.2) is 61.4 Å². The molecular weight excluding hydrogens is 450 g/mol. The highest BCUT2D eigenvalue weighted by molar-refractivity contribution is 5.81. The van der Waals surface area contributed by atoms with Crippen molar-refractivity contribution in [1.29, 1.82) is 0 Å². The second-order valence-electron chi connectivity index (χ2n) is 8.32. The van der Waals surface area contributed by atoms with E-state index in [0.29, 0.717) is 0 Å². The summed E-state index contributed by atoms with van der Waals surface area (Å²) in [6, 6.07) is 16.0. The zero-order valence-electron chi connectivity index (χ0n) is 18.1. The first kappa shape index (κ1) is 23.6. The van der Waals surface area contributed by atoms with E-state index in [2.05, 4.69) is 5.32 Å². The van der Waals surface area contributed by atoms with E-state index in [9.17, 15) is 23.2 Å². The molecular formula is C24H24F2N2O6. The van der Waals surface area contributed by atoms with Crippen LogP contribution in [0.5, 0.6) is 0 Å². The third-order valence-electron chi connectivity index (χ3n) is 6.07. The number of benzene rings is 2. The molecule has 2 aromatic carbocycles. The summed E-state index contributed by atoms with van der Waals surface area (Å²) in [5.74, 6) is -7.85. The van der Waals surface area contributed by atoms with Crippen LogP contribution >= 0.6 is 0 Å². The van der Waals surface area contributed by atoms with Crippen LogP contribution in [0.4, 0.5) is 13.6 Å². The van der Waals surface area contributed by atoms with E-state index in [-0.39, 0.29) is 32.1 Å². The first-order valence-corrected chi connectivity index (χ1v) is 10.9. The number of nitrogens with one attached hydrogen (secondary N) is 2. The maximum absolute atomic E-state index is 13.1. The number of carbonyl (C=O) groups is 3. The first-order valence-electron chi connectivity index (χ1n) is 10.9. The Morgan fingerprint density at radius 1 is 1.03 bits per heavy atom. The Kier molecular flexibility index (Phi) is 6.78. The second kappa shape index (κ2) is 9.76. The smallest absolute Gasteiger partial charge is 0.407 e. The lowest BCUT2D eigenvalue weighted by Gasteiger charge is -2.16. The van der Waals surface area contributed by atoms with Crippen LogP contribution in [0.25, 0.3) is 11.1 Å². The van der Waals surface area contributed by atoms with Crippen LogP contribution in [-0.2, 0) is 19.1 Å². The van der Waals surface area contributed by atoms with Gasteiger partial charge in [0.1, 0.15) is 6.61 Å². The molecule has 0 aromatic heterocycles. The van der Waals surface area contributed by atoms with Crippen LogP contribution in [0, 0.1) is 5.92 Å². The van der Waals surface area contributed by atoms with Crippen molar-refractivity contribution in [2.24, 2.45) is 5.92 Å². The Morgan fingerprint density at radius 3 is 2.26 bits per heavy atom. The Balaban J connectivity index is 1.23. The van der Waals surface area contributed by atoms with Crippen molar-refractivity contribution in [3.63, 3.8) is 0 Å². The van der Waals surface area contributed by atoms with Gasteiger partial charge in [-0.3, -0.25) is 4.79 Å². The number of hydrogen-bond donors (Lipinski definition) is 3. The van der Waals surface area contributed by atoms with E-state index in [1.165, 1.54) is 0 Å². The normalized spacial score (nSPS) is 19.2. The molecule has 10 heteroatoms. The highest BCUT2D eigenvalue weighted by Gasteiger charge is 2.40. The fourth-order valence-electron chi connectivity index (χ4n) is 4.30. The summed E-state index contributed by atoms with van der Waals surface area (Å²) in [5.41, 5.74) is 4.43. The van der Waals surface area contributed by atoms with Gasteiger partial charge in [0.15, 0.2) is 0 Å². The molecule has 1 fully saturated rings. The quantitative estimate of drug-likeness (QED) is 0.542. The number of rotatable bonds is 8. The number of carboxylic acids is 1. The molecule has 2 atom stereocenters. The Bertz CT molecular complexity index is 1050. The number of fused-ring (bicyclic) bond motifs is 3. The number of alkyl carbamates (subject to hydrolysis) is 1. The van der Waals surface area contributed by atoms with Gasteiger partial charge in [0.25, 0.3) is 0 Å². The van der Waals surface area contributed by atoms with Crippen molar-refractivity contribution in [2.75, 3.05) is 26.3 Å². The van der Waals surface area contributed by atoms with Gasteiger partial charge in [-0.2, -0.15) is 8.78 Å². The van der Waals surface area contributed by atoms with Gasteiger partial charge in [-0.05, 0) is 28.7 Å². The van der Waals surface area contributed by atoms with Gasteiger partial charge in [0.2, 0.25) is 5.91 Å². The molecule has 0 unspecified atom stereocenters. The minimum absolute atomic E-state index is 0.0124. The van der Waals surface area contributed by atoms with E-state index in [1.54, 1.807) is 0 Å². The number of alkyl halides is 2. The van der Waals surface area contributed by atoms with Crippen molar-refractivity contribution in [2.45, 2.75) is 24.4 Å². The van der Waals surface area contributed by atoms with Gasteiger partial charge in [-0.15, -0.1) is 0 Å². The predicted molar refractivity (Wildman–Crippen MR) is 117 cm³/mol. The first-order chi connectivity index (χ1) is 16.3. The van der Waals surface area contributed by atoms with Crippen molar-refractivity contribution in [3.8, 4) is 11.1 Å². The van der Waals surface area contributed by atoms with Crippen molar-refractivity contribution in [1.82, 2.24) is 10.6 Å². The third kappa shape index (κ3) is 5.01. The average Bonchev–Trinajstić information content (AvgIpc) is 3.43. The molecule has 1 heterocycles. The number of ether oxygens (including phenoxy) is 2. The number of aliphatic carboxylic acids is 1. The molecule has 0 spiro atoms. The second-order valence-corrected chi connectivity index (χ2v) is 8.32. The molecule has 0 bridgehead atoms. The largest absolute Gasteiger partial charge is 0.477 e. The summed E-state index contributed by atoms with van der Waals surface area (Å²) in [4.78, 5) is 34.7. The summed E-state index contributed by atoms with van der Waals surface area (Å²) in [7, 11) is 0. The number of hydrogen-bond acceptors (Lipinski definition) is 5. The fourth-order valence-corrected chi connectivity index (χ4v) is 4.30. The standard InChI is InChI=1S/C24H24F2N2O6/c25-24(26,22(30)31)13-28-21(29)14-9-15(33-11-14)10-27-23(32)34-12-20-18-7-3-1-5-16(18)17-6-2-4-8-19(17)20/h1-8,14-15,20H,9-13H2,(H,27,32)(H,28,29)(H,30,31)/t14-,15-/m0/s1. The molecule has 1 aliphatic heterocycles. The fraction of sp³-hybridized carbons (Fsp3) is 0.375. The van der Waals surface area contributed by atoms with Gasteiger partial charge in [-0.25, -0.2) is 9.59 Å². The van der Waals surface area contributed by atoms with Crippen LogP contribution in [0.2, 0.25) is 0 Å². The SMILES string of the molecule is O=C(NC[C@@H]1C[C@H](C(=O)NCC(F)(F)C(=O)O)CO1)OCC1c2ccccc2-c2ccccc21. The topological polar surface area (TPSA) is 114 Å². The molecule has 4 rings (SSSR count). The van der Waals surface area contributed by atoms with Crippen LogP contribution in [0.15, 0.2) is 48.5 Å². The average molecular weight is 474 g/mol. The van der Waals surface area contributed by atoms with Gasteiger partial charge >= 0.3 is 18.0 Å². The van der Waals surface area contributed by atoms with E-state index in [0.717, 1.165) is 22.3 Å². The summed E-state index contributed by atoms with van der Waals surface area (Å²) >= 11 is 0. The Hall–Kier alpha value is -3.53. The zero-order chi connectivity index (χ0) is 24.3. The summed E-state index contributed by atoms with van der Waals surface area (Å²) in [6.45, 7) is -1.05. The van der Waals surface area contributed by atoms with Crippen LogP contribution in [0.3, 0.4) is 0 Å². The molecule has 34 heavy (non-hydrogen) atoms. The summed E-state index contributed by atoms with van der Waals surface area (Å²) in [5, 5.41) is 13.0. The molecule has 3 N–H and O–H groups in total. The van der Waals surface area contributed by atoms with Crippen molar-refractivity contribution >= 4 is 18.0 Å². The predicted octanol–water partition coefficient (Wildman–Crippen LogP) is 2.77. The highest BCUT2D eigenvalue weighted by atomic mass is 19.3. The molecule has 1 saturated heterocycles. The van der Waals surface area contributed by atoms with Crippen molar-refractivity contribution < 1.29 is 37.7 Å². The summed E-state index contributed by atoms with van der Waals surface area (Å²) in [6.07, 6.45) is -0.913. The Labute approximate surface area is 194 Å². The minimum Gasteiger partial charge on any atom is -0.477 e. The Morgan fingerprint density at radius 2 is 1.65 bits per heavy atom. The number of halogens is 2. The van der Waals surface area contributed by atoms with Crippen molar-refractivity contribution in [3.05, 3.63) is 59.7 Å². The van der Waals surface area contributed by atoms with Gasteiger partial charge in [-0.1, -0.05) is 48.5 Å². The van der Waals surface area contributed by atoms with E-state index in [4.69, 9.17) is 14.6 Å². The monoisotopic (exact) mass is 474 g/mol. The molecule has 2 amide bonds. The third-order valence-corrected chi connectivity index (χ3v) is 6.07. The minimum atomic E-state index is -4.04. The number of carbonyl (C=O) groups excluding carboxylic acids is 2. The molecule has 8 nitrogen and oxygen atoms in total. The zero-order valence-corrected chi connectivity index (χ0v) is 18.1. The van der Waals surface area contributed by atoms with E-state index < -0.39 is 42.5 Å². The van der Waals surface area contributed by atoms with E-state index >= 15 is 0 Å². The maximum Gasteiger partial charge on any atom is 0.407 e.